The van der Waals surface area contributed by atoms with Crippen molar-refractivity contribution in [2.45, 2.75) is 6.92 Å². The fraction of sp³-hybridized carbons (Fsp3) is 0.0625. The Hall–Kier alpha value is -3.15. The van der Waals surface area contributed by atoms with E-state index in [0.717, 1.165) is 11.3 Å². The molecule has 0 aliphatic carbocycles. The van der Waals surface area contributed by atoms with Gasteiger partial charge in [0.1, 0.15) is 11.5 Å². The van der Waals surface area contributed by atoms with Crippen LogP contribution >= 0.6 is 0 Å². The van der Waals surface area contributed by atoms with Gasteiger partial charge in [0.05, 0.1) is 0 Å². The van der Waals surface area contributed by atoms with Crippen molar-refractivity contribution in [1.82, 2.24) is 15.2 Å². The maximum atomic E-state index is 11.8. The highest BCUT2D eigenvalue weighted by atomic mass is 16.3. The molecule has 0 fully saturated rings. The van der Waals surface area contributed by atoms with Gasteiger partial charge in [-0.15, -0.1) is 5.10 Å². The minimum atomic E-state index is -0.326. The number of rotatable bonds is 4. The van der Waals surface area contributed by atoms with Crippen molar-refractivity contribution in [2.75, 3.05) is 5.32 Å². The Balaban J connectivity index is 1.65. The van der Waals surface area contributed by atoms with Crippen molar-refractivity contribution >= 4 is 17.9 Å². The van der Waals surface area contributed by atoms with Crippen LogP contribution in [0.5, 0.6) is 0 Å². The highest BCUT2D eigenvalue weighted by molar-refractivity contribution is 6.00. The first-order valence-corrected chi connectivity index (χ1v) is 6.74. The van der Waals surface area contributed by atoms with E-state index in [1.807, 2.05) is 43.3 Å². The molecular formula is C16H14N4O2. The number of amides is 1. The quantitative estimate of drug-likeness (QED) is 0.724. The van der Waals surface area contributed by atoms with Crippen LogP contribution in [-0.4, -0.2) is 21.1 Å². The third kappa shape index (κ3) is 3.29. The van der Waals surface area contributed by atoms with Crippen molar-refractivity contribution in [3.63, 3.8) is 0 Å². The lowest BCUT2D eigenvalue weighted by Gasteiger charge is -1.94. The van der Waals surface area contributed by atoms with E-state index in [2.05, 4.69) is 20.5 Å². The van der Waals surface area contributed by atoms with Gasteiger partial charge in [-0.1, -0.05) is 30.3 Å². The Morgan fingerprint density at radius 3 is 2.77 bits per heavy atom. The SMILES string of the molecule is Cc1ccc(C=CC(=O)Nc2n[nH]c(-c3ccccc3)n2)o1. The van der Waals surface area contributed by atoms with Gasteiger partial charge < -0.3 is 4.42 Å². The zero-order valence-corrected chi connectivity index (χ0v) is 11.9. The summed E-state index contributed by atoms with van der Waals surface area (Å²) in [6.45, 7) is 1.84. The van der Waals surface area contributed by atoms with Gasteiger partial charge in [0.2, 0.25) is 5.95 Å². The highest BCUT2D eigenvalue weighted by Crippen LogP contribution is 2.15. The Morgan fingerprint density at radius 2 is 2.05 bits per heavy atom. The van der Waals surface area contributed by atoms with E-state index >= 15 is 0 Å². The van der Waals surface area contributed by atoms with Crippen molar-refractivity contribution in [2.24, 2.45) is 0 Å². The maximum absolute atomic E-state index is 11.8. The largest absolute Gasteiger partial charge is 0.462 e. The minimum absolute atomic E-state index is 0.226. The summed E-state index contributed by atoms with van der Waals surface area (Å²) in [6.07, 6.45) is 2.96. The van der Waals surface area contributed by atoms with Gasteiger partial charge >= 0.3 is 0 Å². The van der Waals surface area contributed by atoms with Crippen molar-refractivity contribution in [3.8, 4) is 11.4 Å². The van der Waals surface area contributed by atoms with Gasteiger partial charge in [-0.3, -0.25) is 15.2 Å². The molecule has 0 aliphatic rings. The molecule has 1 amide bonds. The summed E-state index contributed by atoms with van der Waals surface area (Å²) in [7, 11) is 0. The third-order valence-electron chi connectivity index (χ3n) is 2.93. The molecule has 0 saturated heterocycles. The summed E-state index contributed by atoms with van der Waals surface area (Å²) in [6, 6.07) is 13.2. The van der Waals surface area contributed by atoms with E-state index in [-0.39, 0.29) is 11.9 Å². The standard InChI is InChI=1S/C16H14N4O2/c1-11-7-8-13(22-11)9-10-14(21)17-16-18-15(19-20-16)12-5-3-2-4-6-12/h2-10H,1H3,(H2,17,18,19,20,21). The normalized spacial score (nSPS) is 11.0. The fourth-order valence-electron chi connectivity index (χ4n) is 1.90. The topological polar surface area (TPSA) is 83.8 Å². The summed E-state index contributed by atoms with van der Waals surface area (Å²) < 4.78 is 5.34. The molecule has 22 heavy (non-hydrogen) atoms. The number of nitrogens with zero attached hydrogens (tertiary/aromatic N) is 2. The molecule has 6 nitrogen and oxygen atoms in total. The first-order chi connectivity index (χ1) is 10.7. The summed E-state index contributed by atoms with van der Waals surface area (Å²) >= 11 is 0. The number of furan rings is 1. The van der Waals surface area contributed by atoms with Gasteiger partial charge in [0.25, 0.3) is 5.91 Å². The molecule has 0 saturated carbocycles. The zero-order valence-electron chi connectivity index (χ0n) is 11.9. The molecule has 2 N–H and O–H groups in total. The maximum Gasteiger partial charge on any atom is 0.250 e. The molecule has 2 heterocycles. The van der Waals surface area contributed by atoms with Crippen LogP contribution in [0.25, 0.3) is 17.5 Å². The van der Waals surface area contributed by atoms with Crippen LogP contribution < -0.4 is 5.32 Å². The van der Waals surface area contributed by atoms with Crippen molar-refractivity contribution in [1.29, 1.82) is 0 Å². The average molecular weight is 294 g/mol. The molecule has 0 unspecified atom stereocenters. The van der Waals surface area contributed by atoms with E-state index in [0.29, 0.717) is 11.6 Å². The van der Waals surface area contributed by atoms with Crippen molar-refractivity contribution < 1.29 is 9.21 Å². The monoisotopic (exact) mass is 294 g/mol. The highest BCUT2D eigenvalue weighted by Gasteiger charge is 2.07. The first-order valence-electron chi connectivity index (χ1n) is 6.74. The van der Waals surface area contributed by atoms with Crippen LogP contribution in [0.4, 0.5) is 5.95 Å². The van der Waals surface area contributed by atoms with Gasteiger partial charge in [0.15, 0.2) is 5.82 Å². The second kappa shape index (κ2) is 6.09. The number of nitrogens with one attached hydrogen (secondary N) is 2. The van der Waals surface area contributed by atoms with Crippen LogP contribution in [0.15, 0.2) is 53.0 Å². The lowest BCUT2D eigenvalue weighted by molar-refractivity contribution is -0.111. The zero-order chi connectivity index (χ0) is 15.4. The van der Waals surface area contributed by atoms with Crippen LogP contribution in [0.1, 0.15) is 11.5 Å². The van der Waals surface area contributed by atoms with Crippen LogP contribution in [0, 0.1) is 6.92 Å². The Labute approximate surface area is 126 Å². The van der Waals surface area contributed by atoms with Crippen LogP contribution in [0.2, 0.25) is 0 Å². The number of anilines is 1. The number of aromatic nitrogens is 3. The number of hydrogen-bond donors (Lipinski definition) is 2. The van der Waals surface area contributed by atoms with Crippen molar-refractivity contribution in [3.05, 3.63) is 60.1 Å². The summed E-state index contributed by atoms with van der Waals surface area (Å²) in [5, 5.41) is 9.34. The predicted octanol–water partition coefficient (Wildman–Crippen LogP) is 3.03. The number of carbonyl (C=O) groups is 1. The molecular weight excluding hydrogens is 280 g/mol. The number of carbonyl (C=O) groups excluding carboxylic acids is 1. The average Bonchev–Trinajstić information content (AvgIpc) is 3.15. The smallest absolute Gasteiger partial charge is 0.250 e. The fourth-order valence-corrected chi connectivity index (χ4v) is 1.90. The number of aryl methyl sites for hydroxylation is 1. The Morgan fingerprint density at radius 1 is 1.23 bits per heavy atom. The van der Waals surface area contributed by atoms with Gasteiger partial charge in [0, 0.05) is 11.6 Å². The molecule has 3 rings (SSSR count). The third-order valence-corrected chi connectivity index (χ3v) is 2.93. The molecule has 1 aromatic carbocycles. The molecule has 3 aromatic rings. The molecule has 110 valence electrons. The minimum Gasteiger partial charge on any atom is -0.462 e. The van der Waals surface area contributed by atoms with E-state index in [9.17, 15) is 4.79 Å². The Kier molecular flexibility index (Phi) is 3.82. The predicted molar refractivity (Wildman–Crippen MR) is 82.9 cm³/mol. The van der Waals surface area contributed by atoms with E-state index in [1.165, 1.54) is 6.08 Å². The molecule has 0 radical (unpaired) electrons. The second-order valence-electron chi connectivity index (χ2n) is 4.64. The molecule has 0 aliphatic heterocycles. The number of aromatic amines is 1. The van der Waals surface area contributed by atoms with Crippen LogP contribution in [0.3, 0.4) is 0 Å². The van der Waals surface area contributed by atoms with E-state index < -0.39 is 0 Å². The van der Waals surface area contributed by atoms with Gasteiger partial charge in [-0.05, 0) is 25.1 Å². The summed E-state index contributed by atoms with van der Waals surface area (Å²) in [5.74, 6) is 1.91. The Bertz CT molecular complexity index is 802. The lowest BCUT2D eigenvalue weighted by Crippen LogP contribution is -2.09. The molecule has 6 heteroatoms. The molecule has 0 bridgehead atoms. The van der Waals surface area contributed by atoms with Gasteiger partial charge in [-0.25, -0.2) is 0 Å². The van der Waals surface area contributed by atoms with E-state index in [4.69, 9.17) is 4.42 Å². The number of benzene rings is 1. The number of H-pyrrole nitrogens is 1. The summed E-state index contributed by atoms with van der Waals surface area (Å²) in [5.41, 5.74) is 0.900. The summed E-state index contributed by atoms with van der Waals surface area (Å²) in [4.78, 5) is 16.0. The van der Waals surface area contributed by atoms with Gasteiger partial charge in [-0.2, -0.15) is 4.98 Å². The van der Waals surface area contributed by atoms with E-state index in [1.54, 1.807) is 12.1 Å². The molecule has 0 atom stereocenters. The lowest BCUT2D eigenvalue weighted by atomic mass is 10.2. The second-order valence-corrected chi connectivity index (χ2v) is 4.64. The van der Waals surface area contributed by atoms with Crippen LogP contribution in [-0.2, 0) is 4.79 Å². The molecule has 0 spiro atoms. The number of hydrogen-bond acceptors (Lipinski definition) is 4. The first kappa shape index (κ1) is 13.8. The molecule has 2 aromatic heterocycles.